The Kier molecular flexibility index (Phi) is 34.5. The van der Waals surface area contributed by atoms with Crippen molar-refractivity contribution in [3.8, 4) is 90.6 Å². The first-order valence-electron chi connectivity index (χ1n) is 50.3. The SMILES string of the molecule is CCCn1c(C2CCCCC2)nc(-c2ccc(Cl)c(Cl)c2)c1-c1ccnc(NC2CC2)n1.CCCn1c(C2CCCCC2)nc(-c2ccc(Cl)c(Cl)c2)c1-c1ccnc(NC2CCCCC2)n1.CCCn1c(C2CCN(C)CC2)nc(-c2ccc(Cl)c(Cl)c2)c1-c1ccnc(NC2CC2)n1.CCCn1c(C2CCN(C)CC2)nc(-c2ccc(Cl)c(Cl)c2)c1-c1ccnc(N[C@@H](C)c2ccccc2)n1. The van der Waals surface area contributed by atoms with Crippen LogP contribution in [0.3, 0.4) is 0 Å². The lowest BCUT2D eigenvalue weighted by Crippen LogP contribution is -2.30. The molecule has 5 aliphatic carbocycles. The summed E-state index contributed by atoms with van der Waals surface area (Å²) in [6, 6.07) is 42.9. The molecule has 2 saturated heterocycles. The van der Waals surface area contributed by atoms with Gasteiger partial charge in [0.2, 0.25) is 23.8 Å². The molecule has 5 saturated carbocycles. The van der Waals surface area contributed by atoms with E-state index in [4.69, 9.17) is 133 Å². The smallest absolute Gasteiger partial charge is 0.223 e. The molecule has 8 aromatic heterocycles. The Balaban J connectivity index is 0.000000128. The number of piperidine rings is 2. The number of aromatic nitrogens is 16. The summed E-state index contributed by atoms with van der Waals surface area (Å²) in [5, 5.41) is 18.3. The quantitative estimate of drug-likeness (QED) is 0.0341. The topological polar surface area (TPSA) is 229 Å². The summed E-state index contributed by atoms with van der Waals surface area (Å²) in [6.07, 6.45) is 39.3. The Bertz CT molecular complexity index is 6250. The third-order valence-corrected chi connectivity index (χ3v) is 30.6. The molecule has 7 fully saturated rings. The van der Waals surface area contributed by atoms with E-state index in [0.29, 0.717) is 106 Å². The third kappa shape index (κ3) is 24.7. The molecule has 726 valence electrons. The predicted molar refractivity (Wildman–Crippen MR) is 569 cm³/mol. The van der Waals surface area contributed by atoms with Crippen molar-refractivity contribution in [1.29, 1.82) is 0 Å². The lowest BCUT2D eigenvalue weighted by molar-refractivity contribution is 0.248. The molecule has 0 bridgehead atoms. The molecule has 0 spiro atoms. The summed E-state index contributed by atoms with van der Waals surface area (Å²) < 4.78 is 9.58. The maximum atomic E-state index is 6.47. The van der Waals surface area contributed by atoms with Gasteiger partial charge >= 0.3 is 0 Å². The number of hydrogen-bond donors (Lipinski definition) is 4. The van der Waals surface area contributed by atoms with Crippen LogP contribution in [0.4, 0.5) is 23.8 Å². The first kappa shape index (κ1) is 100. The van der Waals surface area contributed by atoms with Gasteiger partial charge in [0.25, 0.3) is 0 Å². The van der Waals surface area contributed by atoms with Crippen molar-refractivity contribution in [3.63, 3.8) is 0 Å². The molecule has 4 N–H and O–H groups in total. The number of anilines is 4. The number of halogens is 8. The number of hydrogen-bond acceptors (Lipinski definition) is 18. The number of nitrogens with zero attached hydrogens (tertiary/aromatic N) is 18. The molecule has 0 radical (unpaired) electrons. The number of likely N-dealkylation sites (tertiary alicyclic amines) is 2. The van der Waals surface area contributed by atoms with Crippen LogP contribution in [0.1, 0.15) is 267 Å². The molecule has 0 unspecified atom stereocenters. The van der Waals surface area contributed by atoms with Gasteiger partial charge in [0.1, 0.15) is 23.3 Å². The first-order valence-corrected chi connectivity index (χ1v) is 53.3. The predicted octanol–water partition coefficient (Wildman–Crippen LogP) is 29.7. The van der Waals surface area contributed by atoms with Gasteiger partial charge in [-0.25, -0.2) is 59.8 Å². The molecular formula is C108H128Cl8N22. The van der Waals surface area contributed by atoms with E-state index in [0.717, 1.165) is 206 Å². The standard InChI is InChI=1S/C30H34Cl2N6.C28H35Cl2N5.C25H30Cl2N6.C25H29Cl2N5/c1-4-16-38-28(26-12-15-33-30(35-26)34-20(2)21-8-6-5-7-9-21)27(23-10-11-24(31)25(32)19-23)36-29(38)22-13-17-37(3)18-14-22;1-2-17-35-26(24-15-16-31-28(33-24)32-21-11-7-4-8-12-21)25(20-13-14-22(29)23(30)18-20)34-27(35)19-9-5-3-6-10-19;1-3-12-33-23(21-8-11-28-25(30-21)29-18-5-6-18)22(17-4-7-19(26)20(27)15-17)31-24(33)16-9-13-32(2)14-10-16;1-2-14-32-23(21-12-13-28-25(30-21)29-18-9-10-18)22(17-8-11-19(26)20(27)15-17)31-24(32)16-6-4-3-5-7-16/h5-12,15,19-20,22H,4,13-14,16-18H2,1-3H3,(H,33,34,35);13-16,18-19,21H,2-12,17H2,1H3,(H,31,32,33);4,7-8,11,15-16,18H,3,5-6,9-10,12-14H2,1-2H3,(H,28,29,30);8,11-13,15-16,18H,2-7,9-10,14H2,1H3,(H,28,29,30)/t20-;;;/m0.../s1. The number of imidazole rings is 4. The van der Waals surface area contributed by atoms with Gasteiger partial charge in [-0.05, 0) is 241 Å². The van der Waals surface area contributed by atoms with E-state index >= 15 is 0 Å². The molecule has 7 aliphatic rings. The molecular weight excluding hydrogens is 1890 g/mol. The molecule has 5 aromatic carbocycles. The van der Waals surface area contributed by atoms with Crippen molar-refractivity contribution in [2.45, 2.75) is 282 Å². The van der Waals surface area contributed by atoms with Crippen molar-refractivity contribution >= 4 is 117 Å². The van der Waals surface area contributed by atoms with Crippen molar-refractivity contribution in [2.24, 2.45) is 0 Å². The van der Waals surface area contributed by atoms with Crippen LogP contribution < -0.4 is 21.3 Å². The zero-order valence-electron chi connectivity index (χ0n) is 80.4. The Morgan fingerprint density at radius 2 is 0.565 bits per heavy atom. The van der Waals surface area contributed by atoms with Crippen molar-refractivity contribution in [2.75, 3.05) is 61.5 Å². The van der Waals surface area contributed by atoms with E-state index < -0.39 is 0 Å². The lowest BCUT2D eigenvalue weighted by atomic mass is 9.88. The maximum absolute atomic E-state index is 6.47. The van der Waals surface area contributed by atoms with Crippen LogP contribution in [0.5, 0.6) is 0 Å². The van der Waals surface area contributed by atoms with Crippen molar-refractivity contribution in [3.05, 3.63) is 221 Å². The molecule has 2 aliphatic heterocycles. The van der Waals surface area contributed by atoms with Gasteiger partial charge in [-0.15, -0.1) is 0 Å². The minimum atomic E-state index is 0.0661. The summed E-state index contributed by atoms with van der Waals surface area (Å²) >= 11 is 50.7. The Morgan fingerprint density at radius 3 is 0.848 bits per heavy atom. The van der Waals surface area contributed by atoms with Gasteiger partial charge < -0.3 is 49.3 Å². The van der Waals surface area contributed by atoms with E-state index in [1.165, 1.54) is 139 Å². The zero-order chi connectivity index (χ0) is 95.9. The molecule has 138 heavy (non-hydrogen) atoms. The van der Waals surface area contributed by atoms with Crippen LogP contribution in [0.25, 0.3) is 90.6 Å². The molecule has 22 nitrogen and oxygen atoms in total. The zero-order valence-corrected chi connectivity index (χ0v) is 86.4. The summed E-state index contributed by atoms with van der Waals surface area (Å²) in [5.74, 6) is 9.08. The summed E-state index contributed by atoms with van der Waals surface area (Å²) in [7, 11) is 4.38. The van der Waals surface area contributed by atoms with E-state index in [2.05, 4.69) is 130 Å². The van der Waals surface area contributed by atoms with Crippen LogP contribution in [0, 0.1) is 0 Å². The van der Waals surface area contributed by atoms with Crippen LogP contribution >= 0.6 is 92.8 Å². The number of nitrogens with one attached hydrogen (secondary N) is 4. The molecule has 13 aromatic rings. The second-order valence-corrected chi connectivity index (χ2v) is 41.5. The maximum Gasteiger partial charge on any atom is 0.223 e. The van der Waals surface area contributed by atoms with Crippen molar-refractivity contribution in [1.82, 2.24) is 87.9 Å². The summed E-state index contributed by atoms with van der Waals surface area (Å²) in [6.45, 7) is 18.8. The largest absolute Gasteiger partial charge is 0.351 e. The average molecular weight is 2020 g/mol. The summed E-state index contributed by atoms with van der Waals surface area (Å²) in [4.78, 5) is 63.8. The molecule has 30 heteroatoms. The molecule has 20 rings (SSSR count). The fourth-order valence-corrected chi connectivity index (χ4v) is 21.3. The first-order chi connectivity index (χ1) is 67.2. The number of benzene rings is 5. The normalized spacial score (nSPS) is 16.8. The fourth-order valence-electron chi connectivity index (χ4n) is 20.1. The highest BCUT2D eigenvalue weighted by Crippen LogP contribution is 2.47. The molecule has 1 atom stereocenters. The van der Waals surface area contributed by atoms with Crippen molar-refractivity contribution < 1.29 is 0 Å². The lowest BCUT2D eigenvalue weighted by Gasteiger charge is -2.29. The minimum Gasteiger partial charge on any atom is -0.351 e. The van der Waals surface area contributed by atoms with Gasteiger partial charge in [-0.3, -0.25) is 0 Å². The van der Waals surface area contributed by atoms with Crippen LogP contribution in [0.2, 0.25) is 40.2 Å². The third-order valence-electron chi connectivity index (χ3n) is 27.7. The van der Waals surface area contributed by atoms with E-state index in [-0.39, 0.29) is 6.04 Å². The summed E-state index contributed by atoms with van der Waals surface area (Å²) in [5.41, 5.74) is 16.3. The van der Waals surface area contributed by atoms with Crippen LogP contribution in [-0.4, -0.2) is 146 Å². The van der Waals surface area contributed by atoms with Crippen LogP contribution in [0.15, 0.2) is 152 Å². The van der Waals surface area contributed by atoms with E-state index in [1.807, 2.05) is 140 Å². The fraction of sp³-hybridized carbons (Fsp3) is 0.463. The minimum absolute atomic E-state index is 0.0661. The second kappa shape index (κ2) is 47.5. The Hall–Kier alpha value is -9.30. The monoisotopic (exact) mass is 2010 g/mol. The highest BCUT2D eigenvalue weighted by atomic mass is 35.5. The van der Waals surface area contributed by atoms with Gasteiger partial charge in [0, 0.05) is 115 Å². The van der Waals surface area contributed by atoms with E-state index in [1.54, 1.807) is 0 Å². The Labute approximate surface area is 853 Å². The number of rotatable bonds is 29. The molecule has 10 heterocycles. The van der Waals surface area contributed by atoms with Gasteiger partial charge in [-0.1, -0.05) is 233 Å². The van der Waals surface area contributed by atoms with Gasteiger partial charge in [0.05, 0.1) is 115 Å². The van der Waals surface area contributed by atoms with Gasteiger partial charge in [0.15, 0.2) is 0 Å². The second-order valence-electron chi connectivity index (χ2n) is 38.3. The average Bonchev–Trinajstić information content (AvgIpc) is 1.62. The van der Waals surface area contributed by atoms with Gasteiger partial charge in [-0.2, -0.15) is 0 Å². The van der Waals surface area contributed by atoms with Crippen LogP contribution in [-0.2, 0) is 26.2 Å². The highest BCUT2D eigenvalue weighted by molar-refractivity contribution is 6.44. The van der Waals surface area contributed by atoms with E-state index in [9.17, 15) is 0 Å². The Morgan fingerprint density at radius 1 is 0.297 bits per heavy atom. The highest BCUT2D eigenvalue weighted by Gasteiger charge is 2.36. The molecule has 0 amide bonds.